The molecule has 2 atom stereocenters. The van der Waals surface area contributed by atoms with Crippen LogP contribution in [-0.4, -0.2) is 35.4 Å². The number of carbonyl (C=O) groups is 1. The number of hydrogen-bond acceptors (Lipinski definition) is 4. The van der Waals surface area contributed by atoms with Gasteiger partial charge in [-0.2, -0.15) is 0 Å². The van der Waals surface area contributed by atoms with Crippen molar-refractivity contribution in [2.24, 2.45) is 5.92 Å². The summed E-state index contributed by atoms with van der Waals surface area (Å²) >= 11 is 0. The molecule has 178 valence electrons. The maximum Gasteiger partial charge on any atom is 0.250 e. The maximum atomic E-state index is 13.1. The van der Waals surface area contributed by atoms with Crippen molar-refractivity contribution in [2.45, 2.75) is 38.3 Å². The van der Waals surface area contributed by atoms with Crippen LogP contribution in [0.25, 0.3) is 6.08 Å². The first-order valence-electron chi connectivity index (χ1n) is 12.5. The zero-order valence-corrected chi connectivity index (χ0v) is 20.1. The Morgan fingerprint density at radius 3 is 2.74 bits per heavy atom. The molecule has 2 aliphatic heterocycles. The van der Waals surface area contributed by atoms with Crippen molar-refractivity contribution in [1.82, 2.24) is 9.47 Å². The van der Waals surface area contributed by atoms with Gasteiger partial charge in [0.2, 0.25) is 0 Å². The smallest absolute Gasteiger partial charge is 0.250 e. The molecular formula is C30H30N2O3. The lowest BCUT2D eigenvalue weighted by molar-refractivity contribution is 0.102. The number of rotatable bonds is 4. The van der Waals surface area contributed by atoms with Crippen molar-refractivity contribution in [2.75, 3.05) is 20.2 Å². The lowest BCUT2D eigenvalue weighted by Gasteiger charge is -2.43. The van der Waals surface area contributed by atoms with E-state index in [2.05, 4.69) is 29.2 Å². The standard InChI is InChI=1S/C30H30N2O3/c1-35-28-12-9-20(13-23-11-10-22-5-2-3-6-26(22)30(23)34)14-25(28)19-31-16-21-15-24(18-31)27-7-4-8-29(33)32(27)17-21/h2-9,12-14,21,24H,10-11,15-19H2,1H3/b23-13+/t21-,24-/m0/s1. The zero-order valence-electron chi connectivity index (χ0n) is 20.1. The number of aromatic nitrogens is 1. The second-order valence-corrected chi connectivity index (χ2v) is 10.1. The third-order valence-electron chi connectivity index (χ3n) is 7.81. The van der Waals surface area contributed by atoms with Gasteiger partial charge in [0.1, 0.15) is 5.75 Å². The molecule has 1 aromatic heterocycles. The topological polar surface area (TPSA) is 51.5 Å². The molecule has 0 saturated carbocycles. The van der Waals surface area contributed by atoms with Gasteiger partial charge in [-0.1, -0.05) is 36.4 Å². The van der Waals surface area contributed by atoms with Gasteiger partial charge >= 0.3 is 0 Å². The quantitative estimate of drug-likeness (QED) is 0.524. The fraction of sp³-hybridized carbons (Fsp3) is 0.333. The van der Waals surface area contributed by atoms with Crippen LogP contribution in [0, 0.1) is 5.92 Å². The van der Waals surface area contributed by atoms with Gasteiger partial charge in [-0.25, -0.2) is 0 Å². The highest BCUT2D eigenvalue weighted by Crippen LogP contribution is 2.36. The van der Waals surface area contributed by atoms with Crippen molar-refractivity contribution in [1.29, 1.82) is 0 Å². The van der Waals surface area contributed by atoms with E-state index in [1.54, 1.807) is 13.2 Å². The molecule has 35 heavy (non-hydrogen) atoms. The summed E-state index contributed by atoms with van der Waals surface area (Å²) in [5.41, 5.74) is 6.30. The molecule has 1 aliphatic carbocycles. The number of methoxy groups -OCH3 is 1. The van der Waals surface area contributed by atoms with Gasteiger partial charge in [0.15, 0.2) is 5.78 Å². The monoisotopic (exact) mass is 466 g/mol. The molecule has 3 aliphatic rings. The van der Waals surface area contributed by atoms with Crippen LogP contribution in [0.2, 0.25) is 0 Å². The number of piperidine rings is 1. The Kier molecular flexibility index (Phi) is 5.65. The van der Waals surface area contributed by atoms with E-state index in [-0.39, 0.29) is 11.3 Å². The molecule has 1 fully saturated rings. The number of benzene rings is 2. The lowest BCUT2D eigenvalue weighted by atomic mass is 9.83. The number of ketones is 1. The van der Waals surface area contributed by atoms with Gasteiger partial charge in [0.05, 0.1) is 7.11 Å². The third-order valence-corrected chi connectivity index (χ3v) is 7.81. The van der Waals surface area contributed by atoms with Crippen LogP contribution in [0.3, 0.4) is 0 Å². The minimum absolute atomic E-state index is 0.118. The van der Waals surface area contributed by atoms with Crippen molar-refractivity contribution in [3.63, 3.8) is 0 Å². The molecule has 5 heteroatoms. The average molecular weight is 467 g/mol. The molecule has 3 aromatic rings. The molecule has 0 N–H and O–H groups in total. The van der Waals surface area contributed by atoms with E-state index in [9.17, 15) is 9.59 Å². The Morgan fingerprint density at radius 2 is 1.86 bits per heavy atom. The summed E-state index contributed by atoms with van der Waals surface area (Å²) in [5, 5.41) is 0. The molecule has 0 amide bonds. The van der Waals surface area contributed by atoms with Crippen LogP contribution in [0.15, 0.2) is 71.0 Å². The van der Waals surface area contributed by atoms with E-state index >= 15 is 0 Å². The molecular weight excluding hydrogens is 436 g/mol. The summed E-state index contributed by atoms with van der Waals surface area (Å²) in [6, 6.07) is 19.8. The molecule has 6 rings (SSSR count). The van der Waals surface area contributed by atoms with Gasteiger partial charge in [-0.05, 0) is 60.6 Å². The third kappa shape index (κ3) is 4.14. The summed E-state index contributed by atoms with van der Waals surface area (Å²) in [6.07, 6.45) is 4.87. The number of ether oxygens (including phenoxy) is 1. The second kappa shape index (κ2) is 8.97. The SMILES string of the molecule is COc1ccc(/C=C2\CCc3ccccc3C2=O)cc1CN1C[C@@H]2C[C@@H](C1)c1cccc(=O)n1C2. The summed E-state index contributed by atoms with van der Waals surface area (Å²) in [6.45, 7) is 3.50. The highest BCUT2D eigenvalue weighted by molar-refractivity contribution is 6.13. The Balaban J connectivity index is 1.25. The first-order valence-corrected chi connectivity index (χ1v) is 12.5. The fourth-order valence-electron chi connectivity index (χ4n) is 6.23. The van der Waals surface area contributed by atoms with Crippen molar-refractivity contribution >= 4 is 11.9 Å². The number of Topliss-reactive ketones (excluding diaryl/α,β-unsaturated/α-hetero) is 1. The Morgan fingerprint density at radius 1 is 0.971 bits per heavy atom. The number of pyridine rings is 1. The first-order chi connectivity index (χ1) is 17.1. The number of allylic oxidation sites excluding steroid dienone is 1. The van der Waals surface area contributed by atoms with Gasteiger partial charge in [0, 0.05) is 60.6 Å². The Bertz CT molecular complexity index is 1390. The number of aryl methyl sites for hydroxylation is 1. The second-order valence-electron chi connectivity index (χ2n) is 10.1. The predicted molar refractivity (Wildman–Crippen MR) is 137 cm³/mol. The predicted octanol–water partition coefficient (Wildman–Crippen LogP) is 4.69. The summed E-state index contributed by atoms with van der Waals surface area (Å²) in [4.78, 5) is 27.9. The molecule has 0 unspecified atom stereocenters. The van der Waals surface area contributed by atoms with E-state index in [1.807, 2.05) is 41.0 Å². The molecule has 0 spiro atoms. The van der Waals surface area contributed by atoms with Gasteiger partial charge in [-0.3, -0.25) is 14.5 Å². The number of nitrogens with zero attached hydrogens (tertiary/aromatic N) is 2. The fourth-order valence-corrected chi connectivity index (χ4v) is 6.23. The molecule has 2 aromatic carbocycles. The normalized spacial score (nSPS) is 22.5. The van der Waals surface area contributed by atoms with Gasteiger partial charge in [-0.15, -0.1) is 0 Å². The zero-order chi connectivity index (χ0) is 23.9. The highest BCUT2D eigenvalue weighted by Gasteiger charge is 2.34. The Hall–Kier alpha value is -3.44. The lowest BCUT2D eigenvalue weighted by Crippen LogP contribution is -2.46. The Labute approximate surface area is 205 Å². The van der Waals surface area contributed by atoms with Crippen molar-refractivity contribution in [3.05, 3.63) is 105 Å². The number of fused-ring (bicyclic) bond motifs is 5. The number of carbonyl (C=O) groups excluding carboxylic acids is 1. The van der Waals surface area contributed by atoms with Crippen LogP contribution >= 0.6 is 0 Å². The minimum Gasteiger partial charge on any atom is -0.496 e. The molecule has 1 saturated heterocycles. The largest absolute Gasteiger partial charge is 0.496 e. The minimum atomic E-state index is 0.118. The van der Waals surface area contributed by atoms with Crippen LogP contribution in [0.5, 0.6) is 5.75 Å². The summed E-state index contributed by atoms with van der Waals surface area (Å²) in [5.74, 6) is 1.88. The van der Waals surface area contributed by atoms with Gasteiger partial charge in [0.25, 0.3) is 5.56 Å². The number of likely N-dealkylation sites (tertiary alicyclic amines) is 1. The van der Waals surface area contributed by atoms with Crippen LogP contribution in [-0.2, 0) is 19.5 Å². The average Bonchev–Trinajstić information content (AvgIpc) is 2.87. The van der Waals surface area contributed by atoms with E-state index in [0.717, 1.165) is 79.0 Å². The van der Waals surface area contributed by atoms with Crippen LogP contribution in [0.1, 0.15) is 51.5 Å². The number of hydrogen-bond donors (Lipinski definition) is 0. The van der Waals surface area contributed by atoms with Crippen LogP contribution < -0.4 is 10.3 Å². The van der Waals surface area contributed by atoms with E-state index < -0.39 is 0 Å². The van der Waals surface area contributed by atoms with E-state index in [0.29, 0.717) is 11.8 Å². The summed E-state index contributed by atoms with van der Waals surface area (Å²) in [7, 11) is 1.71. The molecule has 2 bridgehead atoms. The van der Waals surface area contributed by atoms with E-state index in [1.165, 1.54) is 5.69 Å². The summed E-state index contributed by atoms with van der Waals surface area (Å²) < 4.78 is 7.68. The first kappa shape index (κ1) is 22.1. The van der Waals surface area contributed by atoms with Crippen molar-refractivity contribution < 1.29 is 9.53 Å². The van der Waals surface area contributed by atoms with Crippen molar-refractivity contribution in [3.8, 4) is 5.75 Å². The van der Waals surface area contributed by atoms with E-state index in [4.69, 9.17) is 4.74 Å². The molecule has 0 radical (unpaired) electrons. The maximum absolute atomic E-state index is 13.1. The molecule has 3 heterocycles. The highest BCUT2D eigenvalue weighted by atomic mass is 16.5. The molecule has 5 nitrogen and oxygen atoms in total. The van der Waals surface area contributed by atoms with Crippen LogP contribution in [0.4, 0.5) is 0 Å². The van der Waals surface area contributed by atoms with Gasteiger partial charge < -0.3 is 9.30 Å².